The van der Waals surface area contributed by atoms with Crippen molar-refractivity contribution >= 4 is 28.7 Å². The molecule has 9 nitrogen and oxygen atoms in total. The smallest absolute Gasteiger partial charge is 0.274 e. The molecule has 1 heterocycles. The SMILES string of the molecule is COCCOC/C=C/C(=O)N(CCOc1ccc(C(=O)NO)cc1)c1cc2ccccc2o1. The molecule has 0 saturated heterocycles. The normalized spacial score (nSPS) is 11.1. The van der Waals surface area contributed by atoms with Crippen LogP contribution in [0.4, 0.5) is 5.88 Å². The molecule has 174 valence electrons. The van der Waals surface area contributed by atoms with Crippen LogP contribution in [-0.2, 0) is 14.3 Å². The fourth-order valence-corrected chi connectivity index (χ4v) is 2.98. The molecule has 3 rings (SSSR count). The minimum Gasteiger partial charge on any atom is -0.492 e. The van der Waals surface area contributed by atoms with Crippen molar-refractivity contribution in [1.29, 1.82) is 0 Å². The summed E-state index contributed by atoms with van der Waals surface area (Å²) in [5.41, 5.74) is 2.55. The van der Waals surface area contributed by atoms with E-state index in [-0.39, 0.29) is 25.7 Å². The van der Waals surface area contributed by atoms with Gasteiger partial charge in [0.15, 0.2) is 0 Å². The Morgan fingerprint density at radius 3 is 2.61 bits per heavy atom. The maximum Gasteiger partial charge on any atom is 0.274 e. The molecule has 33 heavy (non-hydrogen) atoms. The van der Waals surface area contributed by atoms with Gasteiger partial charge in [-0.15, -0.1) is 0 Å². The molecule has 0 fully saturated rings. The molecule has 0 aliphatic rings. The Bertz CT molecular complexity index is 1040. The van der Waals surface area contributed by atoms with Gasteiger partial charge in [0.05, 0.1) is 26.4 Å². The first-order valence-corrected chi connectivity index (χ1v) is 10.3. The quantitative estimate of drug-likeness (QED) is 0.187. The van der Waals surface area contributed by atoms with Gasteiger partial charge in [-0.1, -0.05) is 24.3 Å². The van der Waals surface area contributed by atoms with Gasteiger partial charge in [0, 0.05) is 30.2 Å². The highest BCUT2D eigenvalue weighted by atomic mass is 16.5. The van der Waals surface area contributed by atoms with Gasteiger partial charge >= 0.3 is 0 Å². The van der Waals surface area contributed by atoms with Crippen molar-refractivity contribution in [2.45, 2.75) is 0 Å². The van der Waals surface area contributed by atoms with Gasteiger partial charge in [-0.2, -0.15) is 0 Å². The summed E-state index contributed by atoms with van der Waals surface area (Å²) in [6.45, 7) is 1.62. The number of amides is 2. The molecule has 3 aromatic rings. The van der Waals surface area contributed by atoms with E-state index in [1.165, 1.54) is 23.1 Å². The number of hydrogen-bond donors (Lipinski definition) is 2. The maximum atomic E-state index is 12.9. The molecule has 0 saturated carbocycles. The van der Waals surface area contributed by atoms with E-state index in [4.69, 9.17) is 23.8 Å². The van der Waals surface area contributed by atoms with E-state index >= 15 is 0 Å². The number of rotatable bonds is 12. The lowest BCUT2D eigenvalue weighted by atomic mass is 10.2. The third-order valence-corrected chi connectivity index (χ3v) is 4.65. The van der Waals surface area contributed by atoms with E-state index in [0.717, 1.165) is 5.39 Å². The van der Waals surface area contributed by atoms with E-state index in [0.29, 0.717) is 36.0 Å². The number of nitrogens with zero attached hydrogens (tertiary/aromatic N) is 1. The predicted molar refractivity (Wildman–Crippen MR) is 122 cm³/mol. The summed E-state index contributed by atoms with van der Waals surface area (Å²) in [6, 6.07) is 15.6. The number of benzene rings is 2. The molecule has 0 bridgehead atoms. The van der Waals surface area contributed by atoms with E-state index in [2.05, 4.69) is 0 Å². The van der Waals surface area contributed by atoms with Crippen LogP contribution in [0.1, 0.15) is 10.4 Å². The molecular weight excluding hydrogens is 428 g/mol. The van der Waals surface area contributed by atoms with Gasteiger partial charge in [0.2, 0.25) is 5.88 Å². The molecule has 0 unspecified atom stereocenters. The summed E-state index contributed by atoms with van der Waals surface area (Å²) in [5, 5.41) is 9.58. The zero-order valence-corrected chi connectivity index (χ0v) is 18.2. The molecule has 0 spiro atoms. The first kappa shape index (κ1) is 24.0. The predicted octanol–water partition coefficient (Wildman–Crippen LogP) is 3.18. The summed E-state index contributed by atoms with van der Waals surface area (Å²) in [6.07, 6.45) is 3.07. The second-order valence-corrected chi connectivity index (χ2v) is 6.90. The third kappa shape index (κ3) is 6.91. The summed E-state index contributed by atoms with van der Waals surface area (Å²) < 4.78 is 21.9. The fourth-order valence-electron chi connectivity index (χ4n) is 2.98. The fraction of sp³-hybridized carbons (Fsp3) is 0.250. The van der Waals surface area contributed by atoms with Crippen LogP contribution >= 0.6 is 0 Å². The molecule has 0 atom stereocenters. The second-order valence-electron chi connectivity index (χ2n) is 6.90. The van der Waals surface area contributed by atoms with Gasteiger partial charge in [0.1, 0.15) is 17.9 Å². The number of para-hydroxylation sites is 1. The van der Waals surface area contributed by atoms with Crippen molar-refractivity contribution in [3.8, 4) is 5.75 Å². The summed E-state index contributed by atoms with van der Waals surface area (Å²) in [5.74, 6) is 0.0393. The van der Waals surface area contributed by atoms with Crippen molar-refractivity contribution in [3.05, 3.63) is 72.3 Å². The Labute approximate surface area is 191 Å². The van der Waals surface area contributed by atoms with Crippen molar-refractivity contribution in [3.63, 3.8) is 0 Å². The maximum absolute atomic E-state index is 12.9. The zero-order valence-electron chi connectivity index (χ0n) is 18.2. The number of hydrogen-bond acceptors (Lipinski definition) is 7. The standard InChI is InChI=1S/C24H26N2O7/c1-30-15-16-31-13-4-7-22(27)26(23-17-19-5-2-3-6-21(19)33-23)12-14-32-20-10-8-18(9-11-20)24(28)25-29/h2-11,17,29H,12-16H2,1H3,(H,25,28)/b7-4+. The van der Waals surface area contributed by atoms with Crippen LogP contribution in [0.3, 0.4) is 0 Å². The molecular formula is C24H26N2O7. The first-order chi connectivity index (χ1) is 16.1. The molecule has 2 N–H and O–H groups in total. The topological polar surface area (TPSA) is 110 Å². The summed E-state index contributed by atoms with van der Waals surface area (Å²) in [4.78, 5) is 25.8. The summed E-state index contributed by atoms with van der Waals surface area (Å²) >= 11 is 0. The van der Waals surface area contributed by atoms with Crippen LogP contribution < -0.4 is 15.1 Å². The van der Waals surface area contributed by atoms with Crippen molar-refractivity contribution < 1.29 is 33.4 Å². The Balaban J connectivity index is 1.65. The van der Waals surface area contributed by atoms with Crippen molar-refractivity contribution in [2.75, 3.05) is 45.0 Å². The van der Waals surface area contributed by atoms with Crippen LogP contribution in [-0.4, -0.2) is 57.1 Å². The van der Waals surface area contributed by atoms with Gasteiger partial charge in [-0.05, 0) is 30.3 Å². The van der Waals surface area contributed by atoms with E-state index in [1.807, 2.05) is 24.3 Å². The molecule has 2 amide bonds. The van der Waals surface area contributed by atoms with Crippen LogP contribution in [0.15, 0.2) is 71.2 Å². The summed E-state index contributed by atoms with van der Waals surface area (Å²) in [7, 11) is 1.59. The number of hydroxylamine groups is 1. The number of carbonyl (C=O) groups excluding carboxylic acids is 2. The van der Waals surface area contributed by atoms with Crippen LogP contribution in [0.2, 0.25) is 0 Å². The number of carbonyl (C=O) groups is 2. The highest BCUT2D eigenvalue weighted by Crippen LogP contribution is 2.26. The lowest BCUT2D eigenvalue weighted by molar-refractivity contribution is -0.114. The van der Waals surface area contributed by atoms with Crippen molar-refractivity contribution in [2.24, 2.45) is 0 Å². The van der Waals surface area contributed by atoms with Gasteiger partial charge < -0.3 is 18.6 Å². The minimum atomic E-state index is -0.610. The number of fused-ring (bicyclic) bond motifs is 1. The van der Waals surface area contributed by atoms with E-state index < -0.39 is 5.91 Å². The number of anilines is 1. The van der Waals surface area contributed by atoms with Gasteiger partial charge in [-0.25, -0.2) is 5.48 Å². The number of furan rings is 1. The molecule has 0 aliphatic heterocycles. The molecule has 2 aromatic carbocycles. The molecule has 1 aromatic heterocycles. The average Bonchev–Trinajstić information content (AvgIpc) is 3.27. The Morgan fingerprint density at radius 1 is 1.09 bits per heavy atom. The molecule has 9 heteroatoms. The number of nitrogens with one attached hydrogen (secondary N) is 1. The minimum absolute atomic E-state index is 0.187. The van der Waals surface area contributed by atoms with Crippen LogP contribution in [0, 0.1) is 0 Å². The Hall–Kier alpha value is -3.66. The van der Waals surface area contributed by atoms with Gasteiger partial charge in [-0.3, -0.25) is 19.7 Å². The van der Waals surface area contributed by atoms with Gasteiger partial charge in [0.25, 0.3) is 11.8 Å². The van der Waals surface area contributed by atoms with E-state index in [1.54, 1.807) is 36.9 Å². The third-order valence-electron chi connectivity index (χ3n) is 4.65. The molecule has 0 radical (unpaired) electrons. The largest absolute Gasteiger partial charge is 0.492 e. The number of methoxy groups -OCH3 is 1. The number of ether oxygens (including phenoxy) is 3. The average molecular weight is 454 g/mol. The van der Waals surface area contributed by atoms with Crippen LogP contribution in [0.25, 0.3) is 11.0 Å². The Morgan fingerprint density at radius 2 is 1.88 bits per heavy atom. The monoisotopic (exact) mass is 454 g/mol. The Kier molecular flexibility index (Phi) is 9.01. The van der Waals surface area contributed by atoms with Crippen molar-refractivity contribution in [1.82, 2.24) is 5.48 Å². The second kappa shape index (κ2) is 12.4. The van der Waals surface area contributed by atoms with E-state index in [9.17, 15) is 9.59 Å². The first-order valence-electron chi connectivity index (χ1n) is 10.3. The zero-order chi connectivity index (χ0) is 23.5. The molecule has 0 aliphatic carbocycles. The lowest BCUT2D eigenvalue weighted by Crippen LogP contribution is -2.33. The highest BCUT2D eigenvalue weighted by molar-refractivity contribution is 6.01. The van der Waals surface area contributed by atoms with Crippen LogP contribution in [0.5, 0.6) is 5.75 Å². The lowest BCUT2D eigenvalue weighted by Gasteiger charge is -2.18. The highest BCUT2D eigenvalue weighted by Gasteiger charge is 2.18.